The van der Waals surface area contributed by atoms with Gasteiger partial charge in [-0.3, -0.25) is 0 Å². The highest BCUT2D eigenvalue weighted by atomic mass is 127. The third-order valence-electron chi connectivity index (χ3n) is 0.733. The van der Waals surface area contributed by atoms with E-state index in [-0.39, 0.29) is 0 Å². The van der Waals surface area contributed by atoms with E-state index in [0.717, 1.165) is 0 Å². The van der Waals surface area contributed by atoms with Crippen molar-refractivity contribution in [3.8, 4) is 0 Å². The first-order chi connectivity index (χ1) is 5.39. The zero-order valence-corrected chi connectivity index (χ0v) is 11.8. The zero-order chi connectivity index (χ0) is 9.61. The molecule has 0 N–H and O–H groups in total. The molecular formula is C7H8Cl3ISi. The molecule has 0 aliphatic rings. The van der Waals surface area contributed by atoms with E-state index in [9.17, 15) is 0 Å². The van der Waals surface area contributed by atoms with Gasteiger partial charge in [0.2, 0.25) is 0 Å². The molecule has 0 aliphatic heterocycles. The van der Waals surface area contributed by atoms with Crippen LogP contribution in [0.2, 0.25) is 6.55 Å². The van der Waals surface area contributed by atoms with Gasteiger partial charge in [0.1, 0.15) is 0 Å². The highest BCUT2D eigenvalue weighted by molar-refractivity contribution is 14.1. The second kappa shape index (κ2) is 6.48. The summed E-state index contributed by atoms with van der Waals surface area (Å²) in [6, 6.07) is 8.02. The minimum absolute atomic E-state index is 1.29. The van der Waals surface area contributed by atoms with E-state index in [1.165, 1.54) is 3.57 Å². The maximum Gasteiger partial charge on any atom is 0.338 e. The standard InChI is InChI=1S/C6H5I.CH3Cl3Si/c7-6-4-2-1-3-5-6;1-5(2,3)4/h1-5H;1H3. The van der Waals surface area contributed by atoms with Gasteiger partial charge in [-0.05, 0) is 41.3 Å². The van der Waals surface area contributed by atoms with Gasteiger partial charge >= 0.3 is 6.00 Å². The second-order valence-corrected chi connectivity index (χ2v) is 13.4. The highest BCUT2D eigenvalue weighted by Crippen LogP contribution is 2.17. The smallest absolute Gasteiger partial charge is 0.126 e. The third kappa shape index (κ3) is 13.6. The van der Waals surface area contributed by atoms with Gasteiger partial charge < -0.3 is 0 Å². The lowest BCUT2D eigenvalue weighted by atomic mass is 10.4. The molecule has 1 aromatic rings. The second-order valence-electron chi connectivity index (χ2n) is 2.08. The summed E-state index contributed by atoms with van der Waals surface area (Å²) in [5, 5.41) is 0. The van der Waals surface area contributed by atoms with Crippen molar-refractivity contribution in [1.29, 1.82) is 0 Å². The highest BCUT2D eigenvalue weighted by Gasteiger charge is 2.13. The summed E-state index contributed by atoms with van der Waals surface area (Å²) >= 11 is 17.9. The lowest BCUT2D eigenvalue weighted by molar-refractivity contribution is 1.65. The molecule has 68 valence electrons. The van der Waals surface area contributed by atoms with Crippen molar-refractivity contribution in [1.82, 2.24) is 0 Å². The van der Waals surface area contributed by atoms with E-state index in [2.05, 4.69) is 34.7 Å². The summed E-state index contributed by atoms with van der Waals surface area (Å²) in [5.74, 6) is 0. The topological polar surface area (TPSA) is 0 Å². The Morgan fingerprint density at radius 3 is 1.58 bits per heavy atom. The van der Waals surface area contributed by atoms with Crippen LogP contribution < -0.4 is 0 Å². The van der Waals surface area contributed by atoms with Crippen molar-refractivity contribution in [2.24, 2.45) is 0 Å². The van der Waals surface area contributed by atoms with Crippen LogP contribution in [0.5, 0.6) is 0 Å². The van der Waals surface area contributed by atoms with Gasteiger partial charge in [-0.1, -0.05) is 18.2 Å². The minimum Gasteiger partial charge on any atom is -0.126 e. The minimum atomic E-state index is -2.19. The summed E-state index contributed by atoms with van der Waals surface area (Å²) in [6.45, 7) is 1.62. The van der Waals surface area contributed by atoms with E-state index in [4.69, 9.17) is 33.2 Å². The lowest BCUT2D eigenvalue weighted by Gasteiger charge is -1.89. The zero-order valence-electron chi connectivity index (χ0n) is 6.40. The van der Waals surface area contributed by atoms with Gasteiger partial charge in [0, 0.05) is 3.57 Å². The summed E-state index contributed by atoms with van der Waals surface area (Å²) in [7, 11) is 0. The number of hydrogen-bond acceptors (Lipinski definition) is 0. The Kier molecular flexibility index (Phi) is 7.05. The summed E-state index contributed by atoms with van der Waals surface area (Å²) in [6.07, 6.45) is 0. The van der Waals surface area contributed by atoms with Crippen LogP contribution >= 0.6 is 55.8 Å². The molecule has 0 amide bonds. The molecule has 0 radical (unpaired) electrons. The van der Waals surface area contributed by atoms with Crippen LogP contribution in [0.4, 0.5) is 0 Å². The molecule has 1 aromatic carbocycles. The van der Waals surface area contributed by atoms with Gasteiger partial charge in [-0.25, -0.2) is 0 Å². The molecule has 0 fully saturated rings. The molecule has 0 aromatic heterocycles. The molecule has 0 saturated heterocycles. The number of hydrogen-bond donors (Lipinski definition) is 0. The van der Waals surface area contributed by atoms with Crippen LogP contribution in [0, 0.1) is 3.57 Å². The number of rotatable bonds is 0. The average molecular weight is 353 g/mol. The molecule has 0 saturated carbocycles. The van der Waals surface area contributed by atoms with Crippen molar-refractivity contribution in [2.45, 2.75) is 6.55 Å². The van der Waals surface area contributed by atoms with Gasteiger partial charge in [0.05, 0.1) is 0 Å². The fourth-order valence-corrected chi connectivity index (χ4v) is 0.830. The van der Waals surface area contributed by atoms with Crippen LogP contribution in [0.1, 0.15) is 0 Å². The molecule has 12 heavy (non-hydrogen) atoms. The van der Waals surface area contributed by atoms with Crippen molar-refractivity contribution >= 4 is 61.8 Å². The van der Waals surface area contributed by atoms with Crippen LogP contribution in [0.15, 0.2) is 30.3 Å². The van der Waals surface area contributed by atoms with Crippen LogP contribution in [-0.4, -0.2) is 6.00 Å². The van der Waals surface area contributed by atoms with Crippen molar-refractivity contribution in [2.75, 3.05) is 0 Å². The largest absolute Gasteiger partial charge is 0.338 e. The summed E-state index contributed by atoms with van der Waals surface area (Å²) in [4.78, 5) is 0. The predicted molar refractivity (Wildman–Crippen MR) is 68.3 cm³/mol. The van der Waals surface area contributed by atoms with Gasteiger partial charge in [-0.15, -0.1) is 33.2 Å². The van der Waals surface area contributed by atoms with E-state index in [1.807, 2.05) is 18.2 Å². The fourth-order valence-electron chi connectivity index (χ4n) is 0.415. The van der Waals surface area contributed by atoms with Crippen LogP contribution in [0.3, 0.4) is 0 Å². The normalized spacial score (nSPS) is 10.1. The van der Waals surface area contributed by atoms with Crippen molar-refractivity contribution < 1.29 is 0 Å². The predicted octanol–water partition coefficient (Wildman–Crippen LogP) is 4.56. The quantitative estimate of drug-likeness (QED) is 0.364. The molecule has 0 aliphatic carbocycles. The van der Waals surface area contributed by atoms with Crippen molar-refractivity contribution in [3.63, 3.8) is 0 Å². The van der Waals surface area contributed by atoms with E-state index in [1.54, 1.807) is 6.55 Å². The lowest BCUT2D eigenvalue weighted by Crippen LogP contribution is -1.97. The summed E-state index contributed by atoms with van der Waals surface area (Å²) in [5.41, 5.74) is 0. The van der Waals surface area contributed by atoms with Gasteiger partial charge in [0.25, 0.3) is 0 Å². The molecule has 0 spiro atoms. The Labute approximate surface area is 101 Å². The van der Waals surface area contributed by atoms with Crippen LogP contribution in [0.25, 0.3) is 0 Å². The average Bonchev–Trinajstić information content (AvgIpc) is 1.85. The molecule has 1 rings (SSSR count). The maximum atomic E-state index is 5.20. The first-order valence-electron chi connectivity index (χ1n) is 3.17. The van der Waals surface area contributed by atoms with E-state index < -0.39 is 6.00 Å². The summed E-state index contributed by atoms with van der Waals surface area (Å²) < 4.78 is 1.29. The SMILES string of the molecule is C[Si](Cl)(Cl)Cl.Ic1ccccc1. The Morgan fingerprint density at radius 1 is 1.08 bits per heavy atom. The van der Waals surface area contributed by atoms with Crippen molar-refractivity contribution in [3.05, 3.63) is 33.9 Å². The fraction of sp³-hybridized carbons (Fsp3) is 0.143. The maximum absolute atomic E-state index is 5.20. The first kappa shape index (κ1) is 13.0. The molecule has 0 nitrogen and oxygen atoms in total. The molecule has 0 unspecified atom stereocenters. The number of benzene rings is 1. The molecule has 0 atom stereocenters. The molecule has 5 heteroatoms. The molecular weight excluding hydrogens is 345 g/mol. The van der Waals surface area contributed by atoms with Gasteiger partial charge in [-0.2, -0.15) is 0 Å². The Balaban J connectivity index is 0.000000217. The number of halogens is 4. The Bertz CT molecular complexity index is 204. The third-order valence-corrected chi connectivity index (χ3v) is 1.45. The van der Waals surface area contributed by atoms with E-state index >= 15 is 0 Å². The monoisotopic (exact) mass is 352 g/mol. The molecule has 0 heterocycles. The Morgan fingerprint density at radius 2 is 1.42 bits per heavy atom. The Hall–Kier alpha value is 1.04. The first-order valence-corrected chi connectivity index (χ1v) is 9.78. The van der Waals surface area contributed by atoms with Gasteiger partial charge in [0.15, 0.2) is 0 Å². The van der Waals surface area contributed by atoms with E-state index in [0.29, 0.717) is 0 Å². The molecule has 0 bridgehead atoms. The van der Waals surface area contributed by atoms with Crippen LogP contribution in [-0.2, 0) is 0 Å².